The molecule has 0 aliphatic heterocycles. The summed E-state index contributed by atoms with van der Waals surface area (Å²) in [5.41, 5.74) is 2.12. The molecular formula is C15H13BrN4O. The van der Waals surface area contributed by atoms with Gasteiger partial charge in [0.1, 0.15) is 0 Å². The molecule has 21 heavy (non-hydrogen) atoms. The molecule has 0 bridgehead atoms. The van der Waals surface area contributed by atoms with Crippen LogP contribution in [0.1, 0.15) is 16.1 Å². The number of benzene rings is 1. The van der Waals surface area contributed by atoms with Gasteiger partial charge in [0, 0.05) is 32.1 Å². The van der Waals surface area contributed by atoms with Gasteiger partial charge in [0.05, 0.1) is 4.47 Å². The van der Waals surface area contributed by atoms with Gasteiger partial charge in [-0.05, 0) is 21.5 Å². The molecular weight excluding hydrogens is 332 g/mol. The van der Waals surface area contributed by atoms with Gasteiger partial charge in [-0.3, -0.25) is 4.79 Å². The highest BCUT2D eigenvalue weighted by Gasteiger charge is 2.16. The molecule has 106 valence electrons. The molecule has 0 saturated heterocycles. The van der Waals surface area contributed by atoms with E-state index in [4.69, 9.17) is 0 Å². The first-order valence-corrected chi connectivity index (χ1v) is 7.23. The normalized spacial score (nSPS) is 10.8. The largest absolute Gasteiger partial charge is 0.336 e. The Morgan fingerprint density at radius 1 is 1.33 bits per heavy atom. The minimum atomic E-state index is -0.125. The van der Waals surface area contributed by atoms with E-state index in [9.17, 15) is 4.79 Å². The van der Waals surface area contributed by atoms with E-state index >= 15 is 0 Å². The summed E-state index contributed by atoms with van der Waals surface area (Å²) in [6.07, 6.45) is 3.45. The van der Waals surface area contributed by atoms with Crippen molar-refractivity contribution in [2.75, 3.05) is 7.05 Å². The number of amides is 1. The zero-order valence-corrected chi connectivity index (χ0v) is 13.0. The Balaban J connectivity index is 1.82. The Labute approximate surface area is 130 Å². The molecule has 1 amide bonds. The summed E-state index contributed by atoms with van der Waals surface area (Å²) < 4.78 is 2.41. The van der Waals surface area contributed by atoms with Gasteiger partial charge in [-0.1, -0.05) is 30.3 Å². The Bertz CT molecular complexity index is 785. The second kappa shape index (κ2) is 5.65. The lowest BCUT2D eigenvalue weighted by molar-refractivity contribution is 0.0779. The Hall–Kier alpha value is -2.21. The van der Waals surface area contributed by atoms with E-state index in [1.165, 1.54) is 0 Å². The molecule has 0 fully saturated rings. The zero-order chi connectivity index (χ0) is 14.8. The van der Waals surface area contributed by atoms with E-state index in [0.29, 0.717) is 17.9 Å². The second-order valence-electron chi connectivity index (χ2n) is 4.75. The van der Waals surface area contributed by atoms with E-state index in [1.807, 2.05) is 30.3 Å². The number of hydrogen-bond acceptors (Lipinski definition) is 3. The maximum atomic E-state index is 12.4. The molecule has 0 saturated carbocycles. The number of halogens is 1. The number of aromatic nitrogens is 3. The van der Waals surface area contributed by atoms with Gasteiger partial charge in [0.15, 0.2) is 11.3 Å². The molecule has 0 radical (unpaired) electrons. The summed E-state index contributed by atoms with van der Waals surface area (Å²) in [4.78, 5) is 18.3. The molecule has 3 aromatic rings. The highest BCUT2D eigenvalue weighted by atomic mass is 79.9. The van der Waals surface area contributed by atoms with Crippen LogP contribution in [0.5, 0.6) is 0 Å². The van der Waals surface area contributed by atoms with Gasteiger partial charge in [-0.25, -0.2) is 9.50 Å². The highest BCUT2D eigenvalue weighted by molar-refractivity contribution is 9.10. The highest BCUT2D eigenvalue weighted by Crippen LogP contribution is 2.12. The summed E-state index contributed by atoms with van der Waals surface area (Å²) in [6.45, 7) is 0.546. The van der Waals surface area contributed by atoms with Crippen LogP contribution in [0.3, 0.4) is 0 Å². The van der Waals surface area contributed by atoms with E-state index in [0.717, 1.165) is 10.0 Å². The molecule has 6 heteroatoms. The lowest BCUT2D eigenvalue weighted by atomic mass is 10.2. The van der Waals surface area contributed by atoms with Crippen molar-refractivity contribution in [2.24, 2.45) is 0 Å². The van der Waals surface area contributed by atoms with Crippen LogP contribution < -0.4 is 0 Å². The van der Waals surface area contributed by atoms with Crippen LogP contribution in [-0.4, -0.2) is 32.5 Å². The molecule has 5 nitrogen and oxygen atoms in total. The Kier molecular flexibility index (Phi) is 3.70. The van der Waals surface area contributed by atoms with Crippen molar-refractivity contribution < 1.29 is 4.79 Å². The maximum Gasteiger partial charge on any atom is 0.274 e. The summed E-state index contributed by atoms with van der Waals surface area (Å²) in [6, 6.07) is 11.5. The molecule has 0 aliphatic rings. The van der Waals surface area contributed by atoms with Gasteiger partial charge in [0.2, 0.25) is 0 Å². The number of carbonyl (C=O) groups excluding carboxylic acids is 1. The minimum Gasteiger partial charge on any atom is -0.336 e. The average molecular weight is 345 g/mol. The topological polar surface area (TPSA) is 50.5 Å². The smallest absolute Gasteiger partial charge is 0.274 e. The van der Waals surface area contributed by atoms with Crippen molar-refractivity contribution in [2.45, 2.75) is 6.54 Å². The molecule has 0 aliphatic carbocycles. The maximum absolute atomic E-state index is 12.4. The van der Waals surface area contributed by atoms with Crippen molar-refractivity contribution in [3.8, 4) is 0 Å². The number of nitrogens with zero attached hydrogens (tertiary/aromatic N) is 4. The lowest BCUT2D eigenvalue weighted by Gasteiger charge is -2.15. The van der Waals surface area contributed by atoms with Gasteiger partial charge >= 0.3 is 0 Å². The van der Waals surface area contributed by atoms with Crippen LogP contribution in [0, 0.1) is 0 Å². The number of carbonyl (C=O) groups is 1. The van der Waals surface area contributed by atoms with Gasteiger partial charge in [-0.2, -0.15) is 5.10 Å². The Morgan fingerprint density at radius 2 is 2.10 bits per heavy atom. The van der Waals surface area contributed by atoms with Gasteiger partial charge < -0.3 is 4.90 Å². The van der Waals surface area contributed by atoms with Crippen molar-refractivity contribution in [1.82, 2.24) is 19.5 Å². The first-order chi connectivity index (χ1) is 10.1. The molecule has 0 spiro atoms. The summed E-state index contributed by atoms with van der Waals surface area (Å²) in [7, 11) is 1.77. The lowest BCUT2D eigenvalue weighted by Crippen LogP contribution is -2.26. The monoisotopic (exact) mass is 344 g/mol. The molecule has 0 N–H and O–H groups in total. The Morgan fingerprint density at radius 3 is 2.86 bits per heavy atom. The third-order valence-electron chi connectivity index (χ3n) is 3.11. The molecule has 1 aromatic carbocycles. The fourth-order valence-corrected chi connectivity index (χ4v) is 2.38. The fraction of sp³-hybridized carbons (Fsp3) is 0.133. The number of hydrogen-bond donors (Lipinski definition) is 0. The molecule has 3 rings (SSSR count). The van der Waals surface area contributed by atoms with Crippen LogP contribution in [0.4, 0.5) is 0 Å². The van der Waals surface area contributed by atoms with Crippen molar-refractivity contribution in [1.29, 1.82) is 0 Å². The van der Waals surface area contributed by atoms with Gasteiger partial charge in [0.25, 0.3) is 5.91 Å². The average Bonchev–Trinajstić information content (AvgIpc) is 2.90. The van der Waals surface area contributed by atoms with Crippen molar-refractivity contribution in [3.63, 3.8) is 0 Å². The van der Waals surface area contributed by atoms with Gasteiger partial charge in [-0.15, -0.1) is 0 Å². The van der Waals surface area contributed by atoms with Crippen LogP contribution in [0.15, 0.2) is 53.3 Å². The van der Waals surface area contributed by atoms with E-state index in [1.54, 1.807) is 34.9 Å². The summed E-state index contributed by atoms with van der Waals surface area (Å²) in [5.74, 6) is -0.125. The van der Waals surface area contributed by atoms with E-state index in [2.05, 4.69) is 26.0 Å². The minimum absolute atomic E-state index is 0.125. The molecule has 0 atom stereocenters. The predicted molar refractivity (Wildman–Crippen MR) is 82.9 cm³/mol. The SMILES string of the molecule is CN(Cc1ccccc1)C(=O)c1cc2ncc(Br)cn2n1. The second-order valence-corrected chi connectivity index (χ2v) is 5.67. The molecule has 0 unspecified atom stereocenters. The van der Waals surface area contributed by atoms with Crippen LogP contribution in [-0.2, 0) is 6.54 Å². The van der Waals surface area contributed by atoms with Crippen molar-refractivity contribution >= 4 is 27.5 Å². The standard InChI is InChI=1S/C15H13BrN4O/c1-19(9-11-5-3-2-4-6-11)15(21)13-7-14-17-8-12(16)10-20(14)18-13/h2-8,10H,9H2,1H3. The first kappa shape index (κ1) is 13.8. The summed E-state index contributed by atoms with van der Waals surface area (Å²) >= 11 is 3.33. The molecule has 2 aromatic heterocycles. The fourth-order valence-electron chi connectivity index (χ4n) is 2.08. The zero-order valence-electron chi connectivity index (χ0n) is 11.4. The quantitative estimate of drug-likeness (QED) is 0.734. The van der Waals surface area contributed by atoms with E-state index < -0.39 is 0 Å². The third-order valence-corrected chi connectivity index (χ3v) is 3.52. The van der Waals surface area contributed by atoms with Crippen LogP contribution >= 0.6 is 15.9 Å². The van der Waals surface area contributed by atoms with E-state index in [-0.39, 0.29) is 5.91 Å². The number of fused-ring (bicyclic) bond motifs is 1. The van der Waals surface area contributed by atoms with Crippen molar-refractivity contribution in [3.05, 3.63) is 64.5 Å². The molecule has 2 heterocycles. The van der Waals surface area contributed by atoms with Crippen LogP contribution in [0.2, 0.25) is 0 Å². The third kappa shape index (κ3) is 2.95. The summed E-state index contributed by atoms with van der Waals surface area (Å²) in [5, 5.41) is 4.27. The van der Waals surface area contributed by atoms with Crippen LogP contribution in [0.25, 0.3) is 5.65 Å². The first-order valence-electron chi connectivity index (χ1n) is 6.44. The number of rotatable bonds is 3. The predicted octanol–water partition coefficient (Wildman–Crippen LogP) is 2.76.